The lowest BCUT2D eigenvalue weighted by Gasteiger charge is -2.14. The summed E-state index contributed by atoms with van der Waals surface area (Å²) in [7, 11) is 0. The first kappa shape index (κ1) is 28.4. The van der Waals surface area contributed by atoms with Gasteiger partial charge in [-0.1, -0.05) is 92.8 Å². The molecular formula is C30H42O3. The molecule has 0 bridgehead atoms. The van der Waals surface area contributed by atoms with Gasteiger partial charge in [-0.15, -0.1) is 0 Å². The maximum atomic E-state index is 12.2. The van der Waals surface area contributed by atoms with Crippen molar-refractivity contribution in [3.63, 3.8) is 0 Å². The van der Waals surface area contributed by atoms with Crippen molar-refractivity contribution in [3.05, 3.63) is 91.1 Å². The predicted molar refractivity (Wildman–Crippen MR) is 140 cm³/mol. The quantitative estimate of drug-likeness (QED) is 0.0976. The van der Waals surface area contributed by atoms with E-state index in [4.69, 9.17) is 9.47 Å². The molecule has 0 fully saturated rings. The minimum atomic E-state index is -0.501. The summed E-state index contributed by atoms with van der Waals surface area (Å²) in [6.45, 7) is 4.67. The Morgan fingerprint density at radius 2 is 1.30 bits per heavy atom. The Hall–Kier alpha value is -2.65. The number of para-hydroxylation sites is 1. The number of benzene rings is 1. The molecule has 0 aliphatic rings. The van der Waals surface area contributed by atoms with Crippen LogP contribution >= 0.6 is 0 Å². The average Bonchev–Trinajstić information content (AvgIpc) is 2.83. The van der Waals surface area contributed by atoms with Crippen LogP contribution < -0.4 is 4.74 Å². The lowest BCUT2D eigenvalue weighted by Crippen LogP contribution is -2.28. The van der Waals surface area contributed by atoms with Crippen LogP contribution in [0.4, 0.5) is 0 Å². The molecule has 0 heterocycles. The molecule has 0 saturated heterocycles. The molecule has 33 heavy (non-hydrogen) atoms. The van der Waals surface area contributed by atoms with Crippen molar-refractivity contribution >= 4 is 5.97 Å². The molecule has 0 N–H and O–H groups in total. The predicted octanol–water partition coefficient (Wildman–Crippen LogP) is 8.31. The third-order valence-electron chi connectivity index (χ3n) is 4.84. The number of hydrogen-bond acceptors (Lipinski definition) is 3. The Balaban J connectivity index is 2.02. The number of allylic oxidation sites excluding steroid dienone is 10. The molecule has 1 aromatic rings. The highest BCUT2D eigenvalue weighted by Gasteiger charge is 2.19. The van der Waals surface area contributed by atoms with Crippen LogP contribution in [0.5, 0.6) is 5.75 Å². The van der Waals surface area contributed by atoms with Crippen LogP contribution in [0.2, 0.25) is 0 Å². The van der Waals surface area contributed by atoms with Gasteiger partial charge >= 0.3 is 5.97 Å². The van der Waals surface area contributed by atoms with E-state index in [1.54, 1.807) is 12.1 Å². The van der Waals surface area contributed by atoms with Crippen molar-refractivity contribution in [1.82, 2.24) is 0 Å². The van der Waals surface area contributed by atoms with Crippen LogP contribution in [0.15, 0.2) is 91.1 Å². The van der Waals surface area contributed by atoms with Crippen LogP contribution in [-0.2, 0) is 9.53 Å². The lowest BCUT2D eigenvalue weighted by atomic mass is 10.2. The van der Waals surface area contributed by atoms with Crippen molar-refractivity contribution in [2.45, 2.75) is 77.7 Å². The smallest absolute Gasteiger partial charge is 0.340 e. The molecule has 0 saturated carbocycles. The van der Waals surface area contributed by atoms with E-state index in [0.29, 0.717) is 18.8 Å². The molecule has 0 spiro atoms. The van der Waals surface area contributed by atoms with Gasteiger partial charge in [-0.05, 0) is 69.9 Å². The largest absolute Gasteiger partial charge is 0.425 e. The highest BCUT2D eigenvalue weighted by atomic mass is 16.6. The van der Waals surface area contributed by atoms with Crippen LogP contribution in [0.25, 0.3) is 0 Å². The number of carbonyl (C=O) groups excluding carboxylic acids is 1. The fraction of sp³-hybridized carbons (Fsp3) is 0.433. The van der Waals surface area contributed by atoms with Crippen molar-refractivity contribution in [2.24, 2.45) is 0 Å². The second-order valence-corrected chi connectivity index (χ2v) is 7.71. The first-order chi connectivity index (χ1) is 16.3. The highest BCUT2D eigenvalue weighted by molar-refractivity contribution is 5.77. The molecule has 180 valence electrons. The van der Waals surface area contributed by atoms with Crippen LogP contribution in [0.1, 0.15) is 71.6 Å². The Labute approximate surface area is 201 Å². The van der Waals surface area contributed by atoms with Crippen molar-refractivity contribution in [3.8, 4) is 5.75 Å². The standard InChI is InChI=1S/C30H42O3/c1-3-5-6-7-8-9-10-11-12-13-14-15-16-17-18-19-20-24-27-32-29(4-2)30(31)33-28-25-22-21-23-26-28/h5-6,8-9,11-12,14-15,17-18,21-23,25-26,29H,3-4,7,10,13,16,19-20,24,27H2,1-2H3. The molecule has 1 atom stereocenters. The third-order valence-corrected chi connectivity index (χ3v) is 4.84. The Morgan fingerprint density at radius 3 is 1.85 bits per heavy atom. The molecule has 0 aliphatic carbocycles. The molecule has 0 amide bonds. The van der Waals surface area contributed by atoms with E-state index in [1.165, 1.54) is 0 Å². The fourth-order valence-electron chi connectivity index (χ4n) is 2.98. The van der Waals surface area contributed by atoms with Gasteiger partial charge in [0.2, 0.25) is 0 Å². The zero-order valence-electron chi connectivity index (χ0n) is 20.5. The lowest BCUT2D eigenvalue weighted by molar-refractivity contribution is -0.147. The number of esters is 1. The van der Waals surface area contributed by atoms with Crippen LogP contribution in [-0.4, -0.2) is 18.7 Å². The summed E-state index contributed by atoms with van der Waals surface area (Å²) in [6.07, 6.45) is 30.3. The number of hydrogen-bond donors (Lipinski definition) is 0. The van der Waals surface area contributed by atoms with Gasteiger partial charge in [0.15, 0.2) is 6.10 Å². The average molecular weight is 451 g/mol. The summed E-state index contributed by atoms with van der Waals surface area (Å²) in [5, 5.41) is 0. The number of ether oxygens (including phenoxy) is 2. The van der Waals surface area contributed by atoms with Crippen LogP contribution in [0, 0.1) is 0 Å². The monoisotopic (exact) mass is 450 g/mol. The zero-order valence-corrected chi connectivity index (χ0v) is 20.5. The van der Waals surface area contributed by atoms with Gasteiger partial charge in [-0.2, -0.15) is 0 Å². The van der Waals surface area contributed by atoms with Gasteiger partial charge in [0.1, 0.15) is 5.75 Å². The second-order valence-electron chi connectivity index (χ2n) is 7.71. The zero-order chi connectivity index (χ0) is 23.8. The van der Waals surface area contributed by atoms with Crippen molar-refractivity contribution in [1.29, 1.82) is 0 Å². The molecule has 0 aromatic heterocycles. The van der Waals surface area contributed by atoms with E-state index in [2.05, 4.69) is 67.7 Å². The van der Waals surface area contributed by atoms with E-state index >= 15 is 0 Å². The molecule has 0 radical (unpaired) electrons. The summed E-state index contributed by atoms with van der Waals surface area (Å²) in [4.78, 5) is 12.2. The Bertz CT molecular complexity index is 741. The van der Waals surface area contributed by atoms with Crippen molar-refractivity contribution in [2.75, 3.05) is 6.61 Å². The summed E-state index contributed by atoms with van der Waals surface area (Å²) in [6, 6.07) is 9.13. The van der Waals surface area contributed by atoms with E-state index in [9.17, 15) is 4.79 Å². The molecule has 1 rings (SSSR count). The van der Waals surface area contributed by atoms with E-state index in [1.807, 2.05) is 25.1 Å². The third kappa shape index (κ3) is 16.6. The first-order valence-corrected chi connectivity index (χ1v) is 12.4. The minimum absolute atomic E-state index is 0.318. The number of rotatable bonds is 18. The Kier molecular flexibility index (Phi) is 18.2. The highest BCUT2D eigenvalue weighted by Crippen LogP contribution is 2.12. The summed E-state index contributed by atoms with van der Waals surface area (Å²) in [5.74, 6) is 0.240. The molecule has 0 aliphatic heterocycles. The van der Waals surface area contributed by atoms with E-state index in [-0.39, 0.29) is 5.97 Å². The van der Waals surface area contributed by atoms with Gasteiger partial charge in [0.05, 0.1) is 0 Å². The van der Waals surface area contributed by atoms with Gasteiger partial charge in [-0.25, -0.2) is 4.79 Å². The Morgan fingerprint density at radius 1 is 0.758 bits per heavy atom. The summed E-state index contributed by atoms with van der Waals surface area (Å²) in [5.41, 5.74) is 0. The van der Waals surface area contributed by atoms with Crippen molar-refractivity contribution < 1.29 is 14.3 Å². The molecule has 1 aromatic carbocycles. The van der Waals surface area contributed by atoms with Gasteiger partial charge in [-0.3, -0.25) is 0 Å². The minimum Gasteiger partial charge on any atom is -0.425 e. The second kappa shape index (κ2) is 21.2. The fourth-order valence-corrected chi connectivity index (χ4v) is 2.98. The maximum Gasteiger partial charge on any atom is 0.340 e. The van der Waals surface area contributed by atoms with Crippen LogP contribution in [0.3, 0.4) is 0 Å². The molecule has 3 nitrogen and oxygen atoms in total. The normalized spacial score (nSPS) is 13.3. The van der Waals surface area contributed by atoms with Gasteiger partial charge < -0.3 is 9.47 Å². The van der Waals surface area contributed by atoms with Gasteiger partial charge in [0, 0.05) is 6.61 Å². The topological polar surface area (TPSA) is 35.5 Å². The molecular weight excluding hydrogens is 408 g/mol. The number of unbranched alkanes of at least 4 members (excludes halogenated alkanes) is 2. The van der Waals surface area contributed by atoms with Gasteiger partial charge in [0.25, 0.3) is 0 Å². The van der Waals surface area contributed by atoms with E-state index in [0.717, 1.165) is 51.4 Å². The summed E-state index contributed by atoms with van der Waals surface area (Å²) < 4.78 is 11.1. The molecule has 1 unspecified atom stereocenters. The molecule has 3 heteroatoms. The SMILES string of the molecule is CCC=CCC=CCC=CCC=CCC=CCCCCOC(CC)C(=O)Oc1ccccc1. The first-order valence-electron chi connectivity index (χ1n) is 12.4. The summed E-state index contributed by atoms with van der Waals surface area (Å²) >= 11 is 0. The van der Waals surface area contributed by atoms with E-state index < -0.39 is 6.10 Å². The number of carbonyl (C=O) groups is 1. The maximum absolute atomic E-state index is 12.2.